The highest BCUT2D eigenvalue weighted by Crippen LogP contribution is 2.28. The molecule has 0 bridgehead atoms. The van der Waals surface area contributed by atoms with E-state index in [4.69, 9.17) is 5.14 Å². The number of sulfonamides is 1. The van der Waals surface area contributed by atoms with E-state index in [1.54, 1.807) is 0 Å². The van der Waals surface area contributed by atoms with E-state index in [9.17, 15) is 8.42 Å². The molecule has 0 spiro atoms. The van der Waals surface area contributed by atoms with E-state index in [1.165, 1.54) is 6.20 Å². The number of thiazole rings is 1. The second-order valence-electron chi connectivity index (χ2n) is 3.04. The number of aromatic nitrogens is 1. The lowest BCUT2D eigenvalue weighted by Gasteiger charge is -1.95. The van der Waals surface area contributed by atoms with Crippen LogP contribution in [0, 0.1) is 0 Å². The Labute approximate surface area is 105 Å². The van der Waals surface area contributed by atoms with Crippen LogP contribution in [0.3, 0.4) is 0 Å². The van der Waals surface area contributed by atoms with Crippen molar-refractivity contribution in [3.8, 4) is 10.6 Å². The standard InChI is InChI=1S/C9H7BrN2O2S2/c10-7-3-1-2-6(4-7)9-12-5-8(15-9)16(11,13)14/h1-5H,(H2,11,13,14). The zero-order chi connectivity index (χ0) is 11.8. The summed E-state index contributed by atoms with van der Waals surface area (Å²) in [5.41, 5.74) is 0.856. The van der Waals surface area contributed by atoms with Crippen molar-refractivity contribution in [3.63, 3.8) is 0 Å². The van der Waals surface area contributed by atoms with Gasteiger partial charge in [-0.3, -0.25) is 0 Å². The fourth-order valence-electron chi connectivity index (χ4n) is 1.15. The third-order valence-corrected chi connectivity index (χ3v) is 4.78. The zero-order valence-electron chi connectivity index (χ0n) is 7.92. The van der Waals surface area contributed by atoms with Crippen LogP contribution in [0.2, 0.25) is 0 Å². The summed E-state index contributed by atoms with van der Waals surface area (Å²) in [7, 11) is -3.66. The van der Waals surface area contributed by atoms with E-state index in [2.05, 4.69) is 20.9 Å². The topological polar surface area (TPSA) is 73.1 Å². The van der Waals surface area contributed by atoms with Crippen molar-refractivity contribution in [2.45, 2.75) is 4.21 Å². The van der Waals surface area contributed by atoms with Crippen molar-refractivity contribution in [1.82, 2.24) is 4.98 Å². The average molecular weight is 319 g/mol. The number of benzene rings is 1. The van der Waals surface area contributed by atoms with Crippen LogP contribution >= 0.6 is 27.3 Å². The van der Waals surface area contributed by atoms with E-state index in [1.807, 2.05) is 24.3 Å². The summed E-state index contributed by atoms with van der Waals surface area (Å²) in [5, 5.41) is 5.64. The van der Waals surface area contributed by atoms with Gasteiger partial charge in [-0.2, -0.15) is 0 Å². The van der Waals surface area contributed by atoms with Gasteiger partial charge in [-0.15, -0.1) is 11.3 Å². The van der Waals surface area contributed by atoms with Gasteiger partial charge in [0.05, 0.1) is 6.20 Å². The maximum Gasteiger partial charge on any atom is 0.249 e. The Morgan fingerprint density at radius 3 is 2.69 bits per heavy atom. The molecular formula is C9H7BrN2O2S2. The zero-order valence-corrected chi connectivity index (χ0v) is 11.1. The molecule has 0 amide bonds. The molecule has 0 aliphatic heterocycles. The van der Waals surface area contributed by atoms with Gasteiger partial charge in [0.15, 0.2) is 4.21 Å². The Bertz CT molecular complexity index is 622. The number of halogens is 1. The molecule has 16 heavy (non-hydrogen) atoms. The molecule has 0 fully saturated rings. The first-order valence-corrected chi connectivity index (χ1v) is 7.37. The highest BCUT2D eigenvalue weighted by Gasteiger charge is 2.13. The first-order valence-electron chi connectivity index (χ1n) is 4.21. The van der Waals surface area contributed by atoms with Gasteiger partial charge in [0.1, 0.15) is 5.01 Å². The summed E-state index contributed by atoms with van der Waals surface area (Å²) in [6.45, 7) is 0. The summed E-state index contributed by atoms with van der Waals surface area (Å²) in [4.78, 5) is 4.03. The van der Waals surface area contributed by atoms with Crippen molar-refractivity contribution < 1.29 is 8.42 Å². The molecule has 0 aliphatic rings. The molecule has 4 nitrogen and oxygen atoms in total. The third kappa shape index (κ3) is 2.49. The quantitative estimate of drug-likeness (QED) is 0.922. The van der Waals surface area contributed by atoms with Gasteiger partial charge in [0, 0.05) is 10.0 Å². The average Bonchev–Trinajstić information content (AvgIpc) is 2.65. The largest absolute Gasteiger partial charge is 0.249 e. The molecule has 7 heteroatoms. The number of nitrogens with two attached hydrogens (primary N) is 1. The van der Waals surface area contributed by atoms with Gasteiger partial charge < -0.3 is 0 Å². The van der Waals surface area contributed by atoms with Crippen LogP contribution in [0.25, 0.3) is 10.6 Å². The van der Waals surface area contributed by atoms with Crippen LogP contribution in [0.5, 0.6) is 0 Å². The lowest BCUT2D eigenvalue weighted by Crippen LogP contribution is -2.09. The minimum atomic E-state index is -3.66. The van der Waals surface area contributed by atoms with Crippen LogP contribution in [0.1, 0.15) is 0 Å². The molecule has 2 aromatic rings. The summed E-state index contributed by atoms with van der Waals surface area (Å²) < 4.78 is 23.2. The SMILES string of the molecule is NS(=O)(=O)c1cnc(-c2cccc(Br)c2)s1. The molecule has 0 aliphatic carbocycles. The predicted molar refractivity (Wildman–Crippen MR) is 66.6 cm³/mol. The van der Waals surface area contributed by atoms with E-state index >= 15 is 0 Å². The van der Waals surface area contributed by atoms with E-state index in [0.29, 0.717) is 5.01 Å². The monoisotopic (exact) mass is 318 g/mol. The lowest BCUT2D eigenvalue weighted by molar-refractivity contribution is 0.599. The minimum absolute atomic E-state index is 0.0717. The first-order chi connectivity index (χ1) is 7.47. The van der Waals surface area contributed by atoms with Gasteiger partial charge in [0.25, 0.3) is 0 Å². The van der Waals surface area contributed by atoms with Crippen LogP contribution < -0.4 is 5.14 Å². The molecular weight excluding hydrogens is 312 g/mol. The van der Waals surface area contributed by atoms with Gasteiger partial charge in [-0.25, -0.2) is 18.5 Å². The fraction of sp³-hybridized carbons (Fsp3) is 0. The van der Waals surface area contributed by atoms with Crippen LogP contribution in [0.15, 0.2) is 39.1 Å². The highest BCUT2D eigenvalue weighted by atomic mass is 79.9. The maximum atomic E-state index is 11.1. The molecule has 0 saturated heterocycles. The molecule has 0 saturated carbocycles. The molecule has 0 unspecified atom stereocenters. The van der Waals surface area contributed by atoms with E-state index in [0.717, 1.165) is 21.4 Å². The fourth-order valence-corrected chi connectivity index (χ4v) is 3.09. The van der Waals surface area contributed by atoms with Crippen LogP contribution in [-0.2, 0) is 10.0 Å². The van der Waals surface area contributed by atoms with Gasteiger partial charge >= 0.3 is 0 Å². The first kappa shape index (κ1) is 11.7. The number of hydrogen-bond acceptors (Lipinski definition) is 4. The highest BCUT2D eigenvalue weighted by molar-refractivity contribution is 9.10. The lowest BCUT2D eigenvalue weighted by atomic mass is 10.2. The summed E-state index contributed by atoms with van der Waals surface area (Å²) >= 11 is 4.40. The summed E-state index contributed by atoms with van der Waals surface area (Å²) in [5.74, 6) is 0. The van der Waals surface area contributed by atoms with Crippen LogP contribution in [-0.4, -0.2) is 13.4 Å². The smallest absolute Gasteiger partial charge is 0.243 e. The Morgan fingerprint density at radius 2 is 2.12 bits per heavy atom. The second-order valence-corrected chi connectivity index (χ2v) is 6.77. The summed E-state index contributed by atoms with van der Waals surface area (Å²) in [6, 6.07) is 7.47. The molecule has 2 N–H and O–H groups in total. The Hall–Kier alpha value is -0.760. The van der Waals surface area contributed by atoms with Crippen molar-refractivity contribution in [2.24, 2.45) is 5.14 Å². The van der Waals surface area contributed by atoms with Crippen LogP contribution in [0.4, 0.5) is 0 Å². The molecule has 2 rings (SSSR count). The number of nitrogens with zero attached hydrogens (tertiary/aromatic N) is 1. The Kier molecular flexibility index (Phi) is 3.11. The Morgan fingerprint density at radius 1 is 1.38 bits per heavy atom. The van der Waals surface area contributed by atoms with Gasteiger partial charge in [-0.1, -0.05) is 28.1 Å². The Balaban J connectivity index is 2.47. The number of hydrogen-bond donors (Lipinski definition) is 1. The van der Waals surface area contributed by atoms with Gasteiger partial charge in [-0.05, 0) is 12.1 Å². The molecule has 84 valence electrons. The van der Waals surface area contributed by atoms with E-state index in [-0.39, 0.29) is 4.21 Å². The van der Waals surface area contributed by atoms with Crippen molar-refractivity contribution >= 4 is 37.3 Å². The molecule has 0 radical (unpaired) electrons. The van der Waals surface area contributed by atoms with E-state index < -0.39 is 10.0 Å². The predicted octanol–water partition coefficient (Wildman–Crippen LogP) is 2.22. The number of primary sulfonamides is 1. The second kappa shape index (κ2) is 4.25. The molecule has 1 aromatic heterocycles. The van der Waals surface area contributed by atoms with Crippen molar-refractivity contribution in [1.29, 1.82) is 0 Å². The molecule has 1 aromatic carbocycles. The third-order valence-electron chi connectivity index (χ3n) is 1.84. The molecule has 1 heterocycles. The molecule has 0 atom stereocenters. The summed E-state index contributed by atoms with van der Waals surface area (Å²) in [6.07, 6.45) is 1.27. The van der Waals surface area contributed by atoms with Crippen molar-refractivity contribution in [2.75, 3.05) is 0 Å². The maximum absolute atomic E-state index is 11.1. The van der Waals surface area contributed by atoms with Crippen molar-refractivity contribution in [3.05, 3.63) is 34.9 Å². The van der Waals surface area contributed by atoms with Gasteiger partial charge in [0.2, 0.25) is 10.0 Å². The minimum Gasteiger partial charge on any atom is -0.243 e. The normalized spacial score (nSPS) is 11.6. The number of rotatable bonds is 2.